The number of nitrogens with one attached hydrogen (secondary N) is 1. The molecule has 0 aromatic heterocycles. The molecule has 2 fully saturated rings. The molecule has 1 aromatic carbocycles. The number of benzene rings is 1. The van der Waals surface area contributed by atoms with Crippen LogP contribution in [-0.2, 0) is 19.1 Å². The first kappa shape index (κ1) is 14.0. The van der Waals surface area contributed by atoms with E-state index in [4.69, 9.17) is 9.47 Å². The number of hydrogen-bond acceptors (Lipinski definition) is 6. The number of carbonyl (C=O) groups is 3. The number of rotatable bonds is 2. The third-order valence-electron chi connectivity index (χ3n) is 4.49. The summed E-state index contributed by atoms with van der Waals surface area (Å²) < 4.78 is 9.95. The molecular formula is C16H16N2O5. The average molecular weight is 316 g/mol. The van der Waals surface area contributed by atoms with Crippen LogP contribution in [0.2, 0.25) is 0 Å². The first-order valence-electron chi connectivity index (χ1n) is 7.72. The summed E-state index contributed by atoms with van der Waals surface area (Å²) in [7, 11) is 0. The first-order chi connectivity index (χ1) is 11.1. The lowest BCUT2D eigenvalue weighted by atomic mass is 10.1. The van der Waals surface area contributed by atoms with Crippen molar-refractivity contribution in [3.8, 4) is 0 Å². The second-order valence-corrected chi connectivity index (χ2v) is 5.92. The molecule has 2 atom stereocenters. The number of carbonyl (C=O) groups excluding carboxylic acids is 3. The van der Waals surface area contributed by atoms with E-state index in [-0.39, 0.29) is 18.6 Å². The lowest BCUT2D eigenvalue weighted by Gasteiger charge is -2.33. The maximum Gasteiger partial charge on any atom is 0.347 e. The third kappa shape index (κ3) is 2.32. The Balaban J connectivity index is 1.57. The summed E-state index contributed by atoms with van der Waals surface area (Å²) in [6.07, 6.45) is 1.36. The van der Waals surface area contributed by atoms with Crippen LogP contribution in [0.15, 0.2) is 18.2 Å². The van der Waals surface area contributed by atoms with Crippen molar-refractivity contribution in [1.82, 2.24) is 0 Å². The fourth-order valence-electron chi connectivity index (χ4n) is 3.34. The summed E-state index contributed by atoms with van der Waals surface area (Å²) in [6.45, 7) is 1.11. The molecular weight excluding hydrogens is 300 g/mol. The van der Waals surface area contributed by atoms with Gasteiger partial charge in [0.25, 0.3) is 0 Å². The van der Waals surface area contributed by atoms with Gasteiger partial charge in [0.1, 0.15) is 6.04 Å². The van der Waals surface area contributed by atoms with E-state index in [2.05, 4.69) is 10.2 Å². The van der Waals surface area contributed by atoms with Crippen molar-refractivity contribution < 1.29 is 23.9 Å². The quantitative estimate of drug-likeness (QED) is 0.822. The van der Waals surface area contributed by atoms with Crippen LogP contribution in [0.1, 0.15) is 29.6 Å². The van der Waals surface area contributed by atoms with E-state index in [1.807, 2.05) is 6.07 Å². The highest BCUT2D eigenvalue weighted by molar-refractivity contribution is 6.05. The van der Waals surface area contributed by atoms with Crippen LogP contribution in [0.3, 0.4) is 0 Å². The lowest BCUT2D eigenvalue weighted by molar-refractivity contribution is -0.145. The molecule has 1 amide bonds. The molecule has 0 saturated carbocycles. The Morgan fingerprint density at radius 1 is 1.30 bits per heavy atom. The van der Waals surface area contributed by atoms with Crippen molar-refractivity contribution in [2.75, 3.05) is 23.4 Å². The fraction of sp³-hybridized carbons (Fsp3) is 0.438. The van der Waals surface area contributed by atoms with Gasteiger partial charge < -0.3 is 19.7 Å². The maximum atomic E-state index is 12.2. The predicted octanol–water partition coefficient (Wildman–Crippen LogP) is 1.08. The van der Waals surface area contributed by atoms with Crippen LogP contribution in [0.25, 0.3) is 0 Å². The van der Waals surface area contributed by atoms with Crippen LogP contribution >= 0.6 is 0 Å². The summed E-state index contributed by atoms with van der Waals surface area (Å²) in [5.41, 5.74) is 1.84. The predicted molar refractivity (Wildman–Crippen MR) is 80.2 cm³/mol. The molecule has 1 aromatic rings. The number of nitrogens with zero attached hydrogens (tertiary/aromatic N) is 1. The van der Waals surface area contributed by atoms with Gasteiger partial charge in [0.05, 0.1) is 23.5 Å². The van der Waals surface area contributed by atoms with Gasteiger partial charge in [-0.1, -0.05) is 0 Å². The molecule has 7 heteroatoms. The third-order valence-corrected chi connectivity index (χ3v) is 4.49. The number of ether oxygens (including phenoxy) is 2. The number of hydrogen-bond donors (Lipinski definition) is 1. The van der Waals surface area contributed by atoms with Crippen LogP contribution in [0.4, 0.5) is 11.4 Å². The van der Waals surface area contributed by atoms with Gasteiger partial charge >= 0.3 is 11.9 Å². The van der Waals surface area contributed by atoms with Crippen molar-refractivity contribution in [3.63, 3.8) is 0 Å². The fourth-order valence-corrected chi connectivity index (χ4v) is 3.34. The van der Waals surface area contributed by atoms with Crippen LogP contribution in [0.5, 0.6) is 0 Å². The number of fused-ring (bicyclic) bond motifs is 3. The molecule has 7 nitrogen and oxygen atoms in total. The van der Waals surface area contributed by atoms with Crippen molar-refractivity contribution in [2.45, 2.75) is 31.4 Å². The van der Waals surface area contributed by atoms with Crippen LogP contribution in [-0.4, -0.2) is 43.1 Å². The smallest absolute Gasteiger partial charge is 0.347 e. The van der Waals surface area contributed by atoms with E-state index in [0.29, 0.717) is 17.7 Å². The first-order valence-corrected chi connectivity index (χ1v) is 7.72. The lowest BCUT2D eigenvalue weighted by Crippen LogP contribution is -2.43. The molecule has 0 unspecified atom stereocenters. The van der Waals surface area contributed by atoms with Crippen LogP contribution in [0, 0.1) is 0 Å². The highest BCUT2D eigenvalue weighted by Crippen LogP contribution is 2.37. The molecule has 0 aliphatic carbocycles. The normalized spacial score (nSPS) is 25.5. The Labute approximate surface area is 132 Å². The molecule has 120 valence electrons. The highest BCUT2D eigenvalue weighted by Gasteiger charge is 2.37. The van der Waals surface area contributed by atoms with Crippen molar-refractivity contribution in [3.05, 3.63) is 23.8 Å². The Morgan fingerprint density at radius 3 is 2.96 bits per heavy atom. The summed E-state index contributed by atoms with van der Waals surface area (Å²) in [6, 6.07) is 4.96. The van der Waals surface area contributed by atoms with E-state index in [1.54, 1.807) is 12.1 Å². The summed E-state index contributed by atoms with van der Waals surface area (Å²) >= 11 is 0. The molecule has 2 saturated heterocycles. The number of esters is 2. The van der Waals surface area contributed by atoms with Crippen LogP contribution < -0.4 is 10.2 Å². The molecule has 4 rings (SSSR count). The van der Waals surface area contributed by atoms with E-state index in [1.165, 1.54) is 0 Å². The number of anilines is 2. The molecule has 0 spiro atoms. The Kier molecular flexibility index (Phi) is 3.21. The number of cyclic esters (lactones) is 1. The highest BCUT2D eigenvalue weighted by atomic mass is 16.6. The van der Waals surface area contributed by atoms with Gasteiger partial charge in [-0.2, -0.15) is 0 Å². The van der Waals surface area contributed by atoms with E-state index >= 15 is 0 Å². The minimum absolute atomic E-state index is 0.0418. The van der Waals surface area contributed by atoms with E-state index in [9.17, 15) is 14.4 Å². The van der Waals surface area contributed by atoms with E-state index in [0.717, 1.165) is 25.1 Å². The zero-order valence-electron chi connectivity index (χ0n) is 12.4. The molecule has 3 aliphatic rings. The molecule has 0 radical (unpaired) electrons. The standard InChI is InChI=1S/C16H16N2O5/c19-14-12-2-1-6-18(12)11-4-3-9(8-10(11)17-14)15(20)23-13-5-7-22-16(13)21/h3-4,8,12-13H,1-2,5-7H2,(H,17,19)/t12-,13-/m1/s1. The largest absolute Gasteiger partial charge is 0.463 e. The number of amides is 1. The summed E-state index contributed by atoms with van der Waals surface area (Å²) in [5, 5.41) is 2.85. The van der Waals surface area contributed by atoms with Crippen molar-refractivity contribution in [1.29, 1.82) is 0 Å². The Morgan fingerprint density at radius 2 is 2.17 bits per heavy atom. The molecule has 1 N–H and O–H groups in total. The van der Waals surface area contributed by atoms with Gasteiger partial charge in [0.2, 0.25) is 12.0 Å². The minimum Gasteiger partial charge on any atom is -0.463 e. The van der Waals surface area contributed by atoms with Gasteiger partial charge in [-0.05, 0) is 31.0 Å². The molecule has 0 bridgehead atoms. The topological polar surface area (TPSA) is 84.9 Å². The maximum absolute atomic E-state index is 12.2. The van der Waals surface area contributed by atoms with Crippen molar-refractivity contribution in [2.24, 2.45) is 0 Å². The second kappa shape index (κ2) is 5.26. The molecule has 23 heavy (non-hydrogen) atoms. The van der Waals surface area contributed by atoms with Gasteiger partial charge in [0.15, 0.2) is 0 Å². The molecule has 3 aliphatic heterocycles. The van der Waals surface area contributed by atoms with Crippen molar-refractivity contribution >= 4 is 29.2 Å². The Hall–Kier alpha value is -2.57. The van der Waals surface area contributed by atoms with E-state index < -0.39 is 18.0 Å². The van der Waals surface area contributed by atoms with Gasteiger partial charge in [0, 0.05) is 13.0 Å². The molecule has 3 heterocycles. The SMILES string of the molecule is O=C(O[C@@H]1CCOC1=O)c1ccc2c(c1)NC(=O)[C@H]1CCCN21. The zero-order chi connectivity index (χ0) is 16.0. The summed E-state index contributed by atoms with van der Waals surface area (Å²) in [4.78, 5) is 37.7. The summed E-state index contributed by atoms with van der Waals surface area (Å²) in [5.74, 6) is -1.14. The average Bonchev–Trinajstić information content (AvgIpc) is 3.17. The monoisotopic (exact) mass is 316 g/mol. The van der Waals surface area contributed by atoms with Gasteiger partial charge in [-0.3, -0.25) is 4.79 Å². The zero-order valence-corrected chi connectivity index (χ0v) is 12.4. The van der Waals surface area contributed by atoms with Gasteiger partial charge in [-0.15, -0.1) is 0 Å². The Bertz CT molecular complexity index is 702. The minimum atomic E-state index is -0.837. The van der Waals surface area contributed by atoms with Gasteiger partial charge in [-0.25, -0.2) is 9.59 Å². The second-order valence-electron chi connectivity index (χ2n) is 5.92.